The van der Waals surface area contributed by atoms with Crippen molar-refractivity contribution in [2.45, 2.75) is 71.1 Å². The molecule has 1 radical (unpaired) electrons. The van der Waals surface area contributed by atoms with Crippen molar-refractivity contribution in [2.24, 2.45) is 11.8 Å². The third kappa shape index (κ3) is 4.45. The minimum absolute atomic E-state index is 0.880. The average Bonchev–Trinajstić information content (AvgIpc) is 2.67. The number of allylic oxidation sites excluding steroid dienone is 2. The Bertz CT molecular complexity index is 280. The predicted molar refractivity (Wildman–Crippen MR) is 77.7 cm³/mol. The molecule has 0 amide bonds. The van der Waals surface area contributed by atoms with Crippen molar-refractivity contribution in [3.8, 4) is 0 Å². The molecule has 2 fully saturated rings. The topological polar surface area (TPSA) is 0 Å². The molecule has 2 aliphatic rings. The molecule has 0 bridgehead atoms. The fourth-order valence-electron chi connectivity index (χ4n) is 3.21. The number of hydrogen-bond acceptors (Lipinski definition) is 0. The van der Waals surface area contributed by atoms with E-state index in [1.807, 2.05) is 0 Å². The average molecular weight is 229 g/mol. The van der Waals surface area contributed by atoms with Gasteiger partial charge in [-0.25, -0.2) is 0 Å². The molecule has 0 heterocycles. The van der Waals surface area contributed by atoms with Crippen LogP contribution in [0.5, 0.6) is 0 Å². The van der Waals surface area contributed by atoms with Crippen molar-refractivity contribution in [1.29, 1.82) is 0 Å². The summed E-state index contributed by atoms with van der Waals surface area (Å²) in [6.07, 6.45) is 16.1. The molecular formula is C16H26B. The summed E-state index contributed by atoms with van der Waals surface area (Å²) in [4.78, 5) is 0. The first-order chi connectivity index (χ1) is 8.24. The Morgan fingerprint density at radius 2 is 1.71 bits per heavy atom. The van der Waals surface area contributed by atoms with Crippen LogP contribution >= 0.6 is 0 Å². The Labute approximate surface area is 108 Å². The third-order valence-corrected chi connectivity index (χ3v) is 4.60. The van der Waals surface area contributed by atoms with Crippen LogP contribution in [0.25, 0.3) is 0 Å². The predicted octanol–water partition coefficient (Wildman–Crippen LogP) is 4.43. The van der Waals surface area contributed by atoms with Gasteiger partial charge in [0.2, 0.25) is 0 Å². The van der Waals surface area contributed by atoms with Gasteiger partial charge < -0.3 is 0 Å². The summed E-state index contributed by atoms with van der Waals surface area (Å²) >= 11 is 0. The van der Waals surface area contributed by atoms with E-state index in [-0.39, 0.29) is 0 Å². The fourth-order valence-corrected chi connectivity index (χ4v) is 3.21. The van der Waals surface area contributed by atoms with Crippen LogP contribution in [0.2, 0.25) is 0 Å². The first-order valence-corrected chi connectivity index (χ1v) is 7.52. The SMILES string of the molecule is [B]=C(/C=C(\C)CCC1CCC1)CC1CCCC1. The van der Waals surface area contributed by atoms with Gasteiger partial charge in [-0.3, -0.25) is 0 Å². The van der Waals surface area contributed by atoms with Crippen LogP contribution in [0, 0.1) is 11.8 Å². The van der Waals surface area contributed by atoms with Crippen LogP contribution in [0.4, 0.5) is 0 Å². The number of hydrogen-bond donors (Lipinski definition) is 0. The molecule has 2 saturated carbocycles. The third-order valence-electron chi connectivity index (χ3n) is 4.60. The van der Waals surface area contributed by atoms with Crippen molar-refractivity contribution in [1.82, 2.24) is 0 Å². The molecule has 17 heavy (non-hydrogen) atoms. The second-order valence-corrected chi connectivity index (χ2v) is 6.26. The van der Waals surface area contributed by atoms with Crippen LogP contribution in [-0.4, -0.2) is 13.0 Å². The van der Waals surface area contributed by atoms with Gasteiger partial charge >= 0.3 is 108 Å². The van der Waals surface area contributed by atoms with Crippen molar-refractivity contribution >= 4 is 13.0 Å². The summed E-state index contributed by atoms with van der Waals surface area (Å²) in [7, 11) is 6.15. The van der Waals surface area contributed by atoms with Gasteiger partial charge in [-0.15, -0.1) is 0 Å². The van der Waals surface area contributed by atoms with Crippen LogP contribution in [-0.2, 0) is 0 Å². The molecular weight excluding hydrogens is 203 g/mol. The maximum atomic E-state index is 6.15. The van der Waals surface area contributed by atoms with Gasteiger partial charge in [0, 0.05) is 0 Å². The molecule has 0 aromatic rings. The van der Waals surface area contributed by atoms with Crippen molar-refractivity contribution < 1.29 is 0 Å². The van der Waals surface area contributed by atoms with E-state index in [0.29, 0.717) is 0 Å². The van der Waals surface area contributed by atoms with Crippen molar-refractivity contribution in [3.05, 3.63) is 11.6 Å². The van der Waals surface area contributed by atoms with E-state index in [1.165, 1.54) is 63.4 Å². The van der Waals surface area contributed by atoms with Crippen LogP contribution < -0.4 is 0 Å². The van der Waals surface area contributed by atoms with Gasteiger partial charge in [-0.05, 0) is 0 Å². The van der Waals surface area contributed by atoms with Gasteiger partial charge in [0.1, 0.15) is 0 Å². The maximum absolute atomic E-state index is 6.15. The van der Waals surface area contributed by atoms with Crippen molar-refractivity contribution in [3.63, 3.8) is 0 Å². The molecule has 0 unspecified atom stereocenters. The molecule has 1 heteroatoms. The van der Waals surface area contributed by atoms with Crippen molar-refractivity contribution in [2.75, 3.05) is 0 Å². The summed E-state index contributed by atoms with van der Waals surface area (Å²) in [5.41, 5.74) is 2.62. The van der Waals surface area contributed by atoms with E-state index >= 15 is 0 Å². The van der Waals surface area contributed by atoms with E-state index in [2.05, 4.69) is 13.0 Å². The Kier molecular flexibility index (Phi) is 5.06. The fraction of sp³-hybridized carbons (Fsp3) is 0.812. The molecule has 0 N–H and O–H groups in total. The Morgan fingerprint density at radius 1 is 1.06 bits per heavy atom. The van der Waals surface area contributed by atoms with Crippen LogP contribution in [0.15, 0.2) is 11.6 Å². The molecule has 0 aromatic carbocycles. The first kappa shape index (κ1) is 13.1. The molecule has 0 saturated heterocycles. The van der Waals surface area contributed by atoms with Gasteiger partial charge in [0.25, 0.3) is 0 Å². The summed E-state index contributed by atoms with van der Waals surface area (Å²) in [5.74, 6) is 1.90. The molecule has 0 aromatic heterocycles. The van der Waals surface area contributed by atoms with E-state index in [0.717, 1.165) is 23.7 Å². The molecule has 2 aliphatic carbocycles. The molecule has 0 spiro atoms. The monoisotopic (exact) mass is 229 g/mol. The van der Waals surface area contributed by atoms with E-state index in [4.69, 9.17) is 7.49 Å². The number of rotatable bonds is 6. The molecule has 2 rings (SSSR count). The summed E-state index contributed by atoms with van der Waals surface area (Å²) in [6.45, 7) is 2.25. The summed E-state index contributed by atoms with van der Waals surface area (Å²) in [5, 5.41) is 0. The van der Waals surface area contributed by atoms with E-state index in [1.54, 1.807) is 0 Å². The normalized spacial score (nSPS) is 22.7. The van der Waals surface area contributed by atoms with E-state index < -0.39 is 0 Å². The molecule has 0 aliphatic heterocycles. The molecule has 0 nitrogen and oxygen atoms in total. The minimum atomic E-state index is 0.880. The van der Waals surface area contributed by atoms with Crippen LogP contribution in [0.1, 0.15) is 71.1 Å². The van der Waals surface area contributed by atoms with Gasteiger partial charge in [-0.1, -0.05) is 0 Å². The van der Waals surface area contributed by atoms with Gasteiger partial charge in [0.05, 0.1) is 0 Å². The summed E-state index contributed by atoms with van der Waals surface area (Å²) in [6, 6.07) is 0. The van der Waals surface area contributed by atoms with Gasteiger partial charge in [-0.2, -0.15) is 0 Å². The Balaban J connectivity index is 1.66. The Hall–Kier alpha value is -0.325. The second-order valence-electron chi connectivity index (χ2n) is 6.26. The zero-order valence-corrected chi connectivity index (χ0v) is 11.4. The first-order valence-electron chi connectivity index (χ1n) is 7.52. The quantitative estimate of drug-likeness (QED) is 0.591. The molecule has 0 atom stereocenters. The summed E-state index contributed by atoms with van der Waals surface area (Å²) < 4.78 is 0. The van der Waals surface area contributed by atoms with Gasteiger partial charge in [0.15, 0.2) is 0 Å². The second kappa shape index (κ2) is 6.57. The van der Waals surface area contributed by atoms with E-state index in [9.17, 15) is 0 Å². The van der Waals surface area contributed by atoms with Crippen LogP contribution in [0.3, 0.4) is 0 Å². The zero-order chi connectivity index (χ0) is 12.1. The zero-order valence-electron chi connectivity index (χ0n) is 11.4. The molecule has 93 valence electrons. The standard InChI is InChI=1S/C16H26B/c1-13(9-10-14-7-4-8-14)11-16(17)12-15-5-2-3-6-15/h11,14-15H,2-10,12H2,1H3/b13-11+. The Morgan fingerprint density at radius 3 is 2.29 bits per heavy atom.